The number of halogens is 3. The van der Waals surface area contributed by atoms with Crippen molar-refractivity contribution < 1.29 is 13.2 Å². The van der Waals surface area contributed by atoms with E-state index in [-0.39, 0.29) is 11.2 Å². The van der Waals surface area contributed by atoms with Crippen molar-refractivity contribution in [3.05, 3.63) is 107 Å². The minimum absolute atomic E-state index is 0.215. The third-order valence-electron chi connectivity index (χ3n) is 5.31. The van der Waals surface area contributed by atoms with E-state index in [0.717, 1.165) is 42.0 Å². The van der Waals surface area contributed by atoms with Gasteiger partial charge in [-0.05, 0) is 65.8 Å². The molecule has 0 fully saturated rings. The van der Waals surface area contributed by atoms with Gasteiger partial charge in [0.2, 0.25) is 0 Å². The van der Waals surface area contributed by atoms with Gasteiger partial charge in [0.15, 0.2) is 11.6 Å². The lowest BCUT2D eigenvalue weighted by atomic mass is 10.00. The van der Waals surface area contributed by atoms with E-state index < -0.39 is 11.6 Å². The monoisotopic (exact) mass is 414 g/mol. The molecule has 0 aromatic heterocycles. The normalized spacial score (nSPS) is 10.7. The van der Waals surface area contributed by atoms with Crippen LogP contribution in [0.2, 0.25) is 0 Å². The summed E-state index contributed by atoms with van der Waals surface area (Å²) in [6.07, 6.45) is 3.02. The van der Waals surface area contributed by atoms with E-state index in [1.807, 2.05) is 36.4 Å². The van der Waals surface area contributed by atoms with E-state index in [1.54, 1.807) is 18.2 Å². The fourth-order valence-electron chi connectivity index (χ4n) is 3.55. The first-order valence-corrected chi connectivity index (χ1v) is 10.3. The third-order valence-corrected chi connectivity index (χ3v) is 5.31. The number of benzene rings is 4. The van der Waals surface area contributed by atoms with Gasteiger partial charge in [-0.15, -0.1) is 0 Å². The topological polar surface area (TPSA) is 0 Å². The van der Waals surface area contributed by atoms with Crippen LogP contribution in [-0.2, 0) is 6.42 Å². The lowest BCUT2D eigenvalue weighted by Gasteiger charge is -2.07. The Hall–Kier alpha value is -3.51. The van der Waals surface area contributed by atoms with Crippen molar-refractivity contribution in [2.45, 2.75) is 26.2 Å². The van der Waals surface area contributed by atoms with Crippen LogP contribution in [0.1, 0.15) is 36.5 Å². The smallest absolute Gasteiger partial charge is 0.166 e. The molecule has 0 saturated carbocycles. The molecule has 0 unspecified atom stereocenters. The van der Waals surface area contributed by atoms with E-state index in [0.29, 0.717) is 16.5 Å². The molecule has 31 heavy (non-hydrogen) atoms. The van der Waals surface area contributed by atoms with Gasteiger partial charge < -0.3 is 0 Å². The molecule has 0 amide bonds. The second-order valence-corrected chi connectivity index (χ2v) is 7.54. The molecule has 0 nitrogen and oxygen atoms in total. The molecule has 0 aliphatic carbocycles. The van der Waals surface area contributed by atoms with Crippen LogP contribution in [0.15, 0.2) is 72.8 Å². The molecule has 154 valence electrons. The zero-order valence-electron chi connectivity index (χ0n) is 17.2. The second-order valence-electron chi connectivity index (χ2n) is 7.54. The average molecular weight is 414 g/mol. The van der Waals surface area contributed by atoms with Crippen molar-refractivity contribution in [3.63, 3.8) is 0 Å². The third kappa shape index (κ3) is 4.64. The largest absolute Gasteiger partial charge is 0.206 e. The van der Waals surface area contributed by atoms with Gasteiger partial charge >= 0.3 is 0 Å². The number of aryl methyl sites for hydroxylation is 1. The van der Waals surface area contributed by atoms with Crippen LogP contribution in [0.4, 0.5) is 13.2 Å². The van der Waals surface area contributed by atoms with Crippen LogP contribution >= 0.6 is 0 Å². The van der Waals surface area contributed by atoms with Crippen LogP contribution in [0.5, 0.6) is 0 Å². The van der Waals surface area contributed by atoms with Crippen molar-refractivity contribution in [2.24, 2.45) is 0 Å². The van der Waals surface area contributed by atoms with Crippen LogP contribution in [-0.4, -0.2) is 0 Å². The van der Waals surface area contributed by atoms with E-state index in [2.05, 4.69) is 18.8 Å². The van der Waals surface area contributed by atoms with Crippen molar-refractivity contribution >= 4 is 10.8 Å². The summed E-state index contributed by atoms with van der Waals surface area (Å²) in [6.45, 7) is 2.12. The van der Waals surface area contributed by atoms with Gasteiger partial charge in [-0.1, -0.05) is 61.6 Å². The molecule has 0 aliphatic rings. The minimum Gasteiger partial charge on any atom is -0.206 e. The molecule has 0 bridgehead atoms. The molecular weight excluding hydrogens is 393 g/mol. The molecular formula is C28H21F3. The Morgan fingerprint density at radius 3 is 2.19 bits per heavy atom. The molecule has 0 atom stereocenters. The van der Waals surface area contributed by atoms with Crippen molar-refractivity contribution in [1.29, 1.82) is 0 Å². The van der Waals surface area contributed by atoms with Crippen LogP contribution in [0.3, 0.4) is 0 Å². The number of unbranched alkanes of at least 4 members (excludes halogenated alkanes) is 1. The highest BCUT2D eigenvalue weighted by Crippen LogP contribution is 2.25. The highest BCUT2D eigenvalue weighted by Gasteiger charge is 2.07. The molecule has 0 radical (unpaired) electrons. The lowest BCUT2D eigenvalue weighted by Crippen LogP contribution is -1.90. The summed E-state index contributed by atoms with van der Waals surface area (Å²) in [7, 11) is 0. The SMILES string of the molecule is CCCCc1ccc(-c2ccc(C#Cc3ccc4c(F)c(F)ccc4c3)cc2)c(F)c1. The van der Waals surface area contributed by atoms with Gasteiger partial charge in [-0.3, -0.25) is 0 Å². The summed E-state index contributed by atoms with van der Waals surface area (Å²) in [4.78, 5) is 0. The van der Waals surface area contributed by atoms with E-state index in [1.165, 1.54) is 12.1 Å². The van der Waals surface area contributed by atoms with Gasteiger partial charge in [0.05, 0.1) is 0 Å². The first-order chi connectivity index (χ1) is 15.0. The summed E-state index contributed by atoms with van der Waals surface area (Å²) in [5, 5.41) is 0.830. The van der Waals surface area contributed by atoms with Gasteiger partial charge in [-0.25, -0.2) is 13.2 Å². The summed E-state index contributed by atoms with van der Waals surface area (Å²) >= 11 is 0. The Balaban J connectivity index is 1.54. The predicted molar refractivity (Wildman–Crippen MR) is 120 cm³/mol. The van der Waals surface area contributed by atoms with E-state index in [4.69, 9.17) is 0 Å². The Bertz CT molecular complexity index is 1290. The first kappa shape index (κ1) is 20.8. The fraction of sp³-hybridized carbons (Fsp3) is 0.143. The Morgan fingerprint density at radius 1 is 0.710 bits per heavy atom. The number of rotatable bonds is 4. The standard InChI is InChI=1S/C28H21F3/c1-2-3-4-20-9-14-24(27(30)18-20)22-11-7-19(8-12-22)5-6-21-10-15-25-23(17-21)13-16-26(29)28(25)31/h7-18H,2-4H2,1H3. The number of hydrogen-bond acceptors (Lipinski definition) is 0. The quantitative estimate of drug-likeness (QED) is 0.301. The van der Waals surface area contributed by atoms with Gasteiger partial charge in [0.1, 0.15) is 5.82 Å². The molecule has 4 aromatic rings. The Labute approximate surface area is 180 Å². The first-order valence-electron chi connectivity index (χ1n) is 10.3. The maximum atomic E-state index is 14.5. The van der Waals surface area contributed by atoms with Crippen LogP contribution in [0.25, 0.3) is 21.9 Å². The number of fused-ring (bicyclic) bond motifs is 1. The van der Waals surface area contributed by atoms with Crippen LogP contribution < -0.4 is 0 Å². The predicted octanol–water partition coefficient (Wildman–Crippen LogP) is 7.67. The van der Waals surface area contributed by atoms with E-state index in [9.17, 15) is 13.2 Å². The summed E-state index contributed by atoms with van der Waals surface area (Å²) < 4.78 is 41.7. The lowest BCUT2D eigenvalue weighted by molar-refractivity contribution is 0.517. The zero-order valence-corrected chi connectivity index (χ0v) is 17.2. The molecule has 0 saturated heterocycles. The highest BCUT2D eigenvalue weighted by molar-refractivity contribution is 5.84. The Kier molecular flexibility index (Phi) is 6.09. The van der Waals surface area contributed by atoms with Gasteiger partial charge in [-0.2, -0.15) is 0 Å². The molecule has 4 rings (SSSR count). The van der Waals surface area contributed by atoms with Gasteiger partial charge in [0, 0.05) is 22.1 Å². The summed E-state index contributed by atoms with van der Waals surface area (Å²) in [5.41, 5.74) is 3.88. The molecule has 0 aliphatic heterocycles. The van der Waals surface area contributed by atoms with Gasteiger partial charge in [0.25, 0.3) is 0 Å². The average Bonchev–Trinajstić information content (AvgIpc) is 2.79. The van der Waals surface area contributed by atoms with Crippen molar-refractivity contribution in [1.82, 2.24) is 0 Å². The maximum absolute atomic E-state index is 14.5. The second kappa shape index (κ2) is 9.10. The number of hydrogen-bond donors (Lipinski definition) is 0. The minimum atomic E-state index is -0.863. The van der Waals surface area contributed by atoms with Crippen molar-refractivity contribution in [2.75, 3.05) is 0 Å². The molecule has 0 spiro atoms. The molecule has 3 heteroatoms. The molecule has 4 aromatic carbocycles. The fourth-order valence-corrected chi connectivity index (χ4v) is 3.55. The molecule has 0 N–H and O–H groups in total. The summed E-state index contributed by atoms with van der Waals surface area (Å²) in [5.74, 6) is 4.18. The van der Waals surface area contributed by atoms with Crippen molar-refractivity contribution in [3.8, 4) is 23.0 Å². The molecule has 0 heterocycles. The maximum Gasteiger partial charge on any atom is 0.166 e. The van der Waals surface area contributed by atoms with E-state index >= 15 is 0 Å². The zero-order chi connectivity index (χ0) is 21.8. The Morgan fingerprint density at radius 2 is 1.45 bits per heavy atom. The summed E-state index contributed by atoms with van der Waals surface area (Å²) in [6, 6.07) is 20.4. The highest BCUT2D eigenvalue weighted by atomic mass is 19.2. The van der Waals surface area contributed by atoms with Crippen LogP contribution in [0, 0.1) is 29.3 Å².